The minimum atomic E-state index is -0.694. The number of nitrogens with zero attached hydrogens (tertiary/aromatic N) is 1. The Kier molecular flexibility index (Phi) is 4.61. The molecule has 1 aliphatic rings. The molecule has 1 saturated heterocycles. The highest BCUT2D eigenvalue weighted by Crippen LogP contribution is 2.14. The molecule has 1 fully saturated rings. The number of nitrogens with one attached hydrogen (secondary N) is 1. The van der Waals surface area contributed by atoms with Gasteiger partial charge in [-0.25, -0.2) is 4.79 Å². The second-order valence-electron chi connectivity index (χ2n) is 6.68. The topological polar surface area (TPSA) is 61.8 Å². The number of rotatable bonds is 3. The van der Waals surface area contributed by atoms with Crippen LogP contribution in [0.3, 0.4) is 0 Å². The maximum Gasteiger partial charge on any atom is 0.407 e. The molecule has 0 aromatic rings. The largest absolute Gasteiger partial charge is 0.444 e. The zero-order valence-electron chi connectivity index (χ0n) is 12.1. The van der Waals surface area contributed by atoms with Crippen molar-refractivity contribution in [2.24, 2.45) is 0 Å². The molecule has 0 bridgehead atoms. The molecule has 0 radical (unpaired) electrons. The van der Waals surface area contributed by atoms with Gasteiger partial charge in [0.2, 0.25) is 0 Å². The van der Waals surface area contributed by atoms with Crippen LogP contribution in [-0.4, -0.2) is 53.0 Å². The summed E-state index contributed by atoms with van der Waals surface area (Å²) in [6, 6.07) is 0.113. The first-order valence-electron chi connectivity index (χ1n) is 6.49. The van der Waals surface area contributed by atoms with Crippen LogP contribution in [0.5, 0.6) is 0 Å². The van der Waals surface area contributed by atoms with E-state index in [0.29, 0.717) is 6.54 Å². The lowest BCUT2D eigenvalue weighted by Gasteiger charge is -2.25. The Morgan fingerprint density at radius 3 is 2.50 bits per heavy atom. The van der Waals surface area contributed by atoms with Crippen LogP contribution in [-0.2, 0) is 4.74 Å². The van der Waals surface area contributed by atoms with Crippen molar-refractivity contribution in [1.82, 2.24) is 10.2 Å². The molecule has 1 atom stereocenters. The van der Waals surface area contributed by atoms with E-state index in [1.807, 2.05) is 20.8 Å². The van der Waals surface area contributed by atoms with Crippen LogP contribution in [0.25, 0.3) is 0 Å². The van der Waals surface area contributed by atoms with Gasteiger partial charge in [-0.15, -0.1) is 0 Å². The summed E-state index contributed by atoms with van der Waals surface area (Å²) in [6.07, 6.45) is 0.535. The average Bonchev–Trinajstić information content (AvgIpc) is 2.44. The number of carbonyl (C=O) groups is 1. The molecule has 1 heterocycles. The van der Waals surface area contributed by atoms with E-state index in [1.54, 1.807) is 13.8 Å². The molecule has 0 aliphatic carbocycles. The third kappa shape index (κ3) is 6.21. The predicted molar refractivity (Wildman–Crippen MR) is 70.5 cm³/mol. The van der Waals surface area contributed by atoms with Crippen molar-refractivity contribution in [2.75, 3.05) is 19.6 Å². The molecule has 18 heavy (non-hydrogen) atoms. The van der Waals surface area contributed by atoms with Crippen molar-refractivity contribution >= 4 is 6.09 Å². The van der Waals surface area contributed by atoms with Crippen LogP contribution in [0, 0.1) is 0 Å². The highest BCUT2D eigenvalue weighted by molar-refractivity contribution is 5.68. The van der Waals surface area contributed by atoms with Gasteiger partial charge in [0.1, 0.15) is 5.60 Å². The molecule has 0 saturated carbocycles. The molecule has 0 spiro atoms. The fourth-order valence-electron chi connectivity index (χ4n) is 2.12. The molecule has 5 nitrogen and oxygen atoms in total. The lowest BCUT2D eigenvalue weighted by atomic mass is 10.1. The van der Waals surface area contributed by atoms with Crippen LogP contribution in [0.15, 0.2) is 0 Å². The van der Waals surface area contributed by atoms with Crippen LogP contribution >= 0.6 is 0 Å². The molecule has 1 aliphatic heterocycles. The summed E-state index contributed by atoms with van der Waals surface area (Å²) in [5.41, 5.74) is -1.16. The van der Waals surface area contributed by atoms with E-state index < -0.39 is 11.2 Å². The van der Waals surface area contributed by atoms with Crippen molar-refractivity contribution in [2.45, 2.75) is 58.3 Å². The van der Waals surface area contributed by atoms with Gasteiger partial charge in [0.15, 0.2) is 0 Å². The number of aliphatic hydroxyl groups is 1. The fraction of sp³-hybridized carbons (Fsp3) is 0.923. The molecule has 5 heteroatoms. The van der Waals surface area contributed by atoms with Gasteiger partial charge in [-0.1, -0.05) is 0 Å². The molecule has 1 unspecified atom stereocenters. The lowest BCUT2D eigenvalue weighted by molar-refractivity contribution is 0.0418. The standard InChI is InChI=1S/C13H26N2O3/c1-12(2,3)18-11(16)14-10-6-7-15(8-10)9-13(4,5)17/h10,17H,6-9H2,1-5H3,(H,14,16). The Hall–Kier alpha value is -0.810. The Bertz CT molecular complexity index is 292. The summed E-state index contributed by atoms with van der Waals surface area (Å²) >= 11 is 0. The van der Waals surface area contributed by atoms with Crippen molar-refractivity contribution in [3.63, 3.8) is 0 Å². The summed E-state index contributed by atoms with van der Waals surface area (Å²) in [5, 5.41) is 12.6. The molecule has 0 aromatic carbocycles. The fourth-order valence-corrected chi connectivity index (χ4v) is 2.12. The van der Waals surface area contributed by atoms with E-state index in [4.69, 9.17) is 4.74 Å². The molecule has 1 rings (SSSR count). The van der Waals surface area contributed by atoms with Gasteiger partial charge < -0.3 is 15.2 Å². The molecule has 2 N–H and O–H groups in total. The molecule has 1 amide bonds. The zero-order chi connectivity index (χ0) is 14.0. The van der Waals surface area contributed by atoms with Gasteiger partial charge >= 0.3 is 6.09 Å². The van der Waals surface area contributed by atoms with E-state index >= 15 is 0 Å². The maximum absolute atomic E-state index is 11.6. The van der Waals surface area contributed by atoms with Crippen LogP contribution < -0.4 is 5.32 Å². The van der Waals surface area contributed by atoms with Crippen molar-refractivity contribution in [1.29, 1.82) is 0 Å². The third-order valence-electron chi connectivity index (χ3n) is 2.60. The van der Waals surface area contributed by atoms with Gasteiger partial charge in [-0.3, -0.25) is 4.90 Å². The third-order valence-corrected chi connectivity index (χ3v) is 2.60. The Balaban J connectivity index is 2.32. The summed E-state index contributed by atoms with van der Waals surface area (Å²) in [4.78, 5) is 13.8. The van der Waals surface area contributed by atoms with E-state index in [2.05, 4.69) is 10.2 Å². The monoisotopic (exact) mass is 258 g/mol. The second kappa shape index (κ2) is 5.45. The highest BCUT2D eigenvalue weighted by Gasteiger charge is 2.28. The number of ether oxygens (including phenoxy) is 1. The van der Waals surface area contributed by atoms with Gasteiger partial charge in [-0.2, -0.15) is 0 Å². The van der Waals surface area contributed by atoms with Gasteiger partial charge in [0.25, 0.3) is 0 Å². The number of hydrogen-bond acceptors (Lipinski definition) is 4. The Morgan fingerprint density at radius 1 is 1.39 bits per heavy atom. The number of alkyl carbamates (subject to hydrolysis) is 1. The molecular formula is C13H26N2O3. The van der Waals surface area contributed by atoms with Crippen LogP contribution in [0.1, 0.15) is 41.0 Å². The number of hydrogen-bond donors (Lipinski definition) is 2. The Labute approximate surface area is 109 Å². The average molecular weight is 258 g/mol. The van der Waals surface area contributed by atoms with E-state index in [0.717, 1.165) is 19.5 Å². The highest BCUT2D eigenvalue weighted by atomic mass is 16.6. The summed E-state index contributed by atoms with van der Waals surface area (Å²) in [5.74, 6) is 0. The van der Waals surface area contributed by atoms with Gasteiger partial charge in [0, 0.05) is 25.7 Å². The van der Waals surface area contributed by atoms with Gasteiger partial charge in [-0.05, 0) is 41.0 Å². The smallest absolute Gasteiger partial charge is 0.407 e. The predicted octanol–water partition coefficient (Wildman–Crippen LogP) is 1.36. The summed E-state index contributed by atoms with van der Waals surface area (Å²) < 4.78 is 5.22. The molecule has 106 valence electrons. The number of carbonyl (C=O) groups excluding carboxylic acids is 1. The molecule has 0 aromatic heterocycles. The molecular weight excluding hydrogens is 232 g/mol. The Morgan fingerprint density at radius 2 is 2.00 bits per heavy atom. The van der Waals surface area contributed by atoms with Crippen LogP contribution in [0.4, 0.5) is 4.79 Å². The van der Waals surface area contributed by atoms with Crippen molar-refractivity contribution < 1.29 is 14.6 Å². The second-order valence-corrected chi connectivity index (χ2v) is 6.68. The number of β-amino-alcohol motifs (C(OH)–C–C–N with tert-alkyl or cyclic N) is 1. The lowest BCUT2D eigenvalue weighted by Crippen LogP contribution is -2.42. The summed E-state index contributed by atoms with van der Waals surface area (Å²) in [6.45, 7) is 11.4. The zero-order valence-corrected chi connectivity index (χ0v) is 12.1. The minimum Gasteiger partial charge on any atom is -0.444 e. The number of likely N-dealkylation sites (tertiary alicyclic amines) is 1. The van der Waals surface area contributed by atoms with E-state index in [1.165, 1.54) is 0 Å². The van der Waals surface area contributed by atoms with E-state index in [9.17, 15) is 9.90 Å². The van der Waals surface area contributed by atoms with Crippen molar-refractivity contribution in [3.8, 4) is 0 Å². The first kappa shape index (κ1) is 15.2. The number of amides is 1. The minimum absolute atomic E-state index is 0.113. The quantitative estimate of drug-likeness (QED) is 0.802. The van der Waals surface area contributed by atoms with E-state index in [-0.39, 0.29) is 12.1 Å². The normalized spacial score (nSPS) is 22.0. The van der Waals surface area contributed by atoms with Crippen LogP contribution in [0.2, 0.25) is 0 Å². The van der Waals surface area contributed by atoms with Gasteiger partial charge in [0.05, 0.1) is 5.60 Å². The first-order valence-corrected chi connectivity index (χ1v) is 6.49. The SMILES string of the molecule is CC(C)(O)CN1CCC(NC(=O)OC(C)(C)C)C1. The summed E-state index contributed by atoms with van der Waals surface area (Å²) in [7, 11) is 0. The maximum atomic E-state index is 11.6. The van der Waals surface area contributed by atoms with Crippen molar-refractivity contribution in [3.05, 3.63) is 0 Å². The first-order chi connectivity index (χ1) is 8.05.